The minimum atomic E-state index is 0.103. The number of rotatable bonds is 6. The van der Waals surface area contributed by atoms with E-state index in [9.17, 15) is 0 Å². The number of hydrogen-bond donors (Lipinski definition) is 1. The minimum absolute atomic E-state index is 0.103. The maximum atomic E-state index is 5.62. The van der Waals surface area contributed by atoms with E-state index in [0.717, 1.165) is 11.3 Å². The summed E-state index contributed by atoms with van der Waals surface area (Å²) in [5.41, 5.74) is 1.14. The van der Waals surface area contributed by atoms with E-state index in [1.807, 2.05) is 39.1 Å². The fraction of sp³-hybridized carbons (Fsp3) is 0.538. The molecule has 2 atom stereocenters. The van der Waals surface area contributed by atoms with Crippen LogP contribution in [0.1, 0.15) is 25.5 Å². The first-order valence-corrected chi connectivity index (χ1v) is 5.66. The van der Waals surface area contributed by atoms with Crippen molar-refractivity contribution in [3.8, 4) is 5.75 Å². The van der Waals surface area contributed by atoms with Crippen molar-refractivity contribution in [3.05, 3.63) is 29.8 Å². The molecule has 1 rings (SSSR count). The fourth-order valence-electron chi connectivity index (χ4n) is 1.80. The van der Waals surface area contributed by atoms with Gasteiger partial charge in [-0.05, 0) is 27.0 Å². The summed E-state index contributed by atoms with van der Waals surface area (Å²) >= 11 is 0. The Kier molecular flexibility index (Phi) is 5.29. The molecule has 0 spiro atoms. The van der Waals surface area contributed by atoms with Crippen LogP contribution in [0.25, 0.3) is 0 Å². The van der Waals surface area contributed by atoms with Crippen molar-refractivity contribution < 1.29 is 9.47 Å². The first kappa shape index (κ1) is 13.0. The van der Waals surface area contributed by atoms with Crippen molar-refractivity contribution in [3.63, 3.8) is 0 Å². The lowest BCUT2D eigenvalue weighted by Crippen LogP contribution is -2.29. The average Bonchev–Trinajstić information content (AvgIpc) is 2.32. The monoisotopic (exact) mass is 223 g/mol. The molecule has 0 saturated carbocycles. The van der Waals surface area contributed by atoms with Crippen LogP contribution in [-0.4, -0.2) is 26.9 Å². The Morgan fingerprint density at radius 1 is 1.31 bits per heavy atom. The molecule has 3 nitrogen and oxygen atoms in total. The lowest BCUT2D eigenvalue weighted by Gasteiger charge is -2.24. The Labute approximate surface area is 97.8 Å². The molecule has 0 heterocycles. The predicted octanol–water partition coefficient (Wildman–Crippen LogP) is 2.38. The first-order chi connectivity index (χ1) is 7.74. The molecule has 3 heteroatoms. The van der Waals surface area contributed by atoms with E-state index in [1.165, 1.54) is 0 Å². The van der Waals surface area contributed by atoms with Gasteiger partial charge in [-0.2, -0.15) is 0 Å². The molecule has 1 N–H and O–H groups in total. The third-order valence-corrected chi connectivity index (χ3v) is 2.71. The van der Waals surface area contributed by atoms with Crippen LogP contribution in [0.2, 0.25) is 0 Å². The van der Waals surface area contributed by atoms with E-state index in [-0.39, 0.29) is 12.1 Å². The average molecular weight is 223 g/mol. The van der Waals surface area contributed by atoms with Gasteiger partial charge >= 0.3 is 0 Å². The standard InChI is InChI=1S/C13H21NO2/c1-5-16-12-9-7-6-8-11(12)13(14-3)10(2)15-4/h6-10,13-14H,5H2,1-4H3. The number of likely N-dealkylation sites (N-methyl/N-ethyl adjacent to an activating group) is 1. The smallest absolute Gasteiger partial charge is 0.124 e. The molecule has 0 aliphatic carbocycles. The quantitative estimate of drug-likeness (QED) is 0.803. The van der Waals surface area contributed by atoms with Gasteiger partial charge < -0.3 is 14.8 Å². The fourth-order valence-corrected chi connectivity index (χ4v) is 1.80. The van der Waals surface area contributed by atoms with Gasteiger partial charge in [0.2, 0.25) is 0 Å². The third kappa shape index (κ3) is 2.97. The second-order valence-corrected chi connectivity index (χ2v) is 3.68. The van der Waals surface area contributed by atoms with Crippen LogP contribution in [0.4, 0.5) is 0 Å². The lowest BCUT2D eigenvalue weighted by molar-refractivity contribution is 0.0845. The second kappa shape index (κ2) is 6.51. The van der Waals surface area contributed by atoms with Crippen molar-refractivity contribution in [2.45, 2.75) is 26.0 Å². The van der Waals surface area contributed by atoms with Gasteiger partial charge in [0.15, 0.2) is 0 Å². The summed E-state index contributed by atoms with van der Waals surface area (Å²) in [6.45, 7) is 4.71. The van der Waals surface area contributed by atoms with Crippen LogP contribution >= 0.6 is 0 Å². The highest BCUT2D eigenvalue weighted by atomic mass is 16.5. The molecule has 0 fully saturated rings. The normalized spacial score (nSPS) is 14.5. The Balaban J connectivity index is 2.98. The number of nitrogens with one attached hydrogen (secondary N) is 1. The zero-order chi connectivity index (χ0) is 12.0. The van der Waals surface area contributed by atoms with Crippen molar-refractivity contribution in [1.82, 2.24) is 5.32 Å². The van der Waals surface area contributed by atoms with Gasteiger partial charge in [0.1, 0.15) is 5.75 Å². The van der Waals surface area contributed by atoms with E-state index >= 15 is 0 Å². The molecule has 0 radical (unpaired) electrons. The zero-order valence-corrected chi connectivity index (χ0v) is 10.5. The zero-order valence-electron chi connectivity index (χ0n) is 10.5. The van der Waals surface area contributed by atoms with Crippen LogP contribution in [-0.2, 0) is 4.74 Å². The van der Waals surface area contributed by atoms with Gasteiger partial charge in [0, 0.05) is 12.7 Å². The molecular formula is C13H21NO2. The van der Waals surface area contributed by atoms with Crippen LogP contribution in [0, 0.1) is 0 Å². The molecule has 1 aromatic rings. The Hall–Kier alpha value is -1.06. The SMILES string of the molecule is CCOc1ccccc1C(NC)C(C)OC. The number of benzene rings is 1. The third-order valence-electron chi connectivity index (χ3n) is 2.71. The highest BCUT2D eigenvalue weighted by Gasteiger charge is 2.20. The van der Waals surface area contributed by atoms with Crippen LogP contribution in [0.3, 0.4) is 0 Å². The van der Waals surface area contributed by atoms with E-state index in [2.05, 4.69) is 11.4 Å². The van der Waals surface area contributed by atoms with Gasteiger partial charge in [0.05, 0.1) is 18.8 Å². The van der Waals surface area contributed by atoms with E-state index in [4.69, 9.17) is 9.47 Å². The molecule has 0 amide bonds. The molecule has 2 unspecified atom stereocenters. The predicted molar refractivity (Wildman–Crippen MR) is 65.9 cm³/mol. The van der Waals surface area contributed by atoms with Crippen molar-refractivity contribution in [2.75, 3.05) is 20.8 Å². The Morgan fingerprint density at radius 3 is 2.56 bits per heavy atom. The summed E-state index contributed by atoms with van der Waals surface area (Å²) in [5, 5.41) is 3.26. The van der Waals surface area contributed by atoms with Crippen molar-refractivity contribution >= 4 is 0 Å². The van der Waals surface area contributed by atoms with Gasteiger partial charge in [-0.25, -0.2) is 0 Å². The number of hydrogen-bond acceptors (Lipinski definition) is 3. The highest BCUT2D eigenvalue weighted by Crippen LogP contribution is 2.27. The van der Waals surface area contributed by atoms with Crippen LogP contribution in [0.5, 0.6) is 5.75 Å². The van der Waals surface area contributed by atoms with E-state index < -0.39 is 0 Å². The van der Waals surface area contributed by atoms with Crippen LogP contribution in [0.15, 0.2) is 24.3 Å². The van der Waals surface area contributed by atoms with Gasteiger partial charge in [0.25, 0.3) is 0 Å². The molecule has 0 saturated heterocycles. The molecule has 90 valence electrons. The Morgan fingerprint density at radius 2 is 2.00 bits per heavy atom. The largest absolute Gasteiger partial charge is 0.494 e. The van der Waals surface area contributed by atoms with E-state index in [1.54, 1.807) is 7.11 Å². The van der Waals surface area contributed by atoms with Crippen molar-refractivity contribution in [2.24, 2.45) is 0 Å². The second-order valence-electron chi connectivity index (χ2n) is 3.68. The molecule has 16 heavy (non-hydrogen) atoms. The first-order valence-electron chi connectivity index (χ1n) is 5.66. The molecule has 0 bridgehead atoms. The van der Waals surface area contributed by atoms with E-state index in [0.29, 0.717) is 6.61 Å². The summed E-state index contributed by atoms with van der Waals surface area (Å²) in [5.74, 6) is 0.924. The molecule has 0 aromatic heterocycles. The number of methoxy groups -OCH3 is 1. The number of ether oxygens (including phenoxy) is 2. The molecule has 0 aliphatic rings. The van der Waals surface area contributed by atoms with Gasteiger partial charge in [-0.1, -0.05) is 18.2 Å². The van der Waals surface area contributed by atoms with Gasteiger partial charge in [-0.3, -0.25) is 0 Å². The topological polar surface area (TPSA) is 30.5 Å². The number of para-hydroxylation sites is 1. The van der Waals surface area contributed by atoms with Crippen LogP contribution < -0.4 is 10.1 Å². The summed E-state index contributed by atoms with van der Waals surface area (Å²) in [7, 11) is 3.65. The molecule has 1 aromatic carbocycles. The molecule has 0 aliphatic heterocycles. The Bertz CT molecular complexity index is 315. The summed E-state index contributed by atoms with van der Waals surface area (Å²) < 4.78 is 11.0. The summed E-state index contributed by atoms with van der Waals surface area (Å²) in [4.78, 5) is 0. The maximum Gasteiger partial charge on any atom is 0.124 e. The highest BCUT2D eigenvalue weighted by molar-refractivity contribution is 5.36. The van der Waals surface area contributed by atoms with Crippen molar-refractivity contribution in [1.29, 1.82) is 0 Å². The minimum Gasteiger partial charge on any atom is -0.494 e. The maximum absolute atomic E-state index is 5.62. The summed E-state index contributed by atoms with van der Waals surface area (Å²) in [6.07, 6.45) is 0.103. The lowest BCUT2D eigenvalue weighted by atomic mass is 10.0. The summed E-state index contributed by atoms with van der Waals surface area (Å²) in [6, 6.07) is 8.21. The molecular weight excluding hydrogens is 202 g/mol. The van der Waals surface area contributed by atoms with Gasteiger partial charge in [-0.15, -0.1) is 0 Å².